The van der Waals surface area contributed by atoms with Gasteiger partial charge in [0.15, 0.2) is 0 Å². The SMILES string of the molecule is CNC(CC(C)(C)OC)c1cccc2ccccc12. The highest BCUT2D eigenvalue weighted by Crippen LogP contribution is 2.30. The molecule has 102 valence electrons. The molecule has 1 atom stereocenters. The van der Waals surface area contributed by atoms with Crippen molar-refractivity contribution in [2.24, 2.45) is 0 Å². The van der Waals surface area contributed by atoms with Gasteiger partial charge in [0.1, 0.15) is 0 Å². The number of ether oxygens (including phenoxy) is 1. The number of benzene rings is 2. The van der Waals surface area contributed by atoms with Crippen LogP contribution in [0.15, 0.2) is 42.5 Å². The average Bonchev–Trinajstić information content (AvgIpc) is 2.44. The third kappa shape index (κ3) is 3.14. The molecule has 0 amide bonds. The van der Waals surface area contributed by atoms with Crippen molar-refractivity contribution < 1.29 is 4.74 Å². The highest BCUT2D eigenvalue weighted by molar-refractivity contribution is 5.86. The third-order valence-electron chi connectivity index (χ3n) is 3.80. The molecule has 0 aromatic heterocycles. The summed E-state index contributed by atoms with van der Waals surface area (Å²) in [4.78, 5) is 0. The van der Waals surface area contributed by atoms with Gasteiger partial charge in [0.05, 0.1) is 5.60 Å². The molecule has 0 aliphatic carbocycles. The predicted molar refractivity (Wildman–Crippen MR) is 81.5 cm³/mol. The molecule has 1 unspecified atom stereocenters. The fraction of sp³-hybridized carbons (Fsp3) is 0.412. The molecule has 0 fully saturated rings. The van der Waals surface area contributed by atoms with E-state index in [9.17, 15) is 0 Å². The number of nitrogens with one attached hydrogen (secondary N) is 1. The maximum Gasteiger partial charge on any atom is 0.0640 e. The summed E-state index contributed by atoms with van der Waals surface area (Å²) in [5, 5.41) is 6.02. The van der Waals surface area contributed by atoms with Crippen molar-refractivity contribution in [1.82, 2.24) is 5.32 Å². The average molecular weight is 257 g/mol. The Morgan fingerprint density at radius 1 is 1.11 bits per heavy atom. The van der Waals surface area contributed by atoms with Gasteiger partial charge in [-0.15, -0.1) is 0 Å². The molecule has 0 saturated carbocycles. The lowest BCUT2D eigenvalue weighted by atomic mass is 9.90. The minimum atomic E-state index is -0.134. The first-order chi connectivity index (χ1) is 9.07. The Bertz CT molecular complexity index is 542. The number of methoxy groups -OCH3 is 1. The van der Waals surface area contributed by atoms with Crippen LogP contribution in [-0.2, 0) is 4.74 Å². The lowest BCUT2D eigenvalue weighted by Gasteiger charge is -2.29. The maximum absolute atomic E-state index is 5.56. The van der Waals surface area contributed by atoms with Gasteiger partial charge in [-0.25, -0.2) is 0 Å². The fourth-order valence-corrected chi connectivity index (χ4v) is 2.50. The van der Waals surface area contributed by atoms with Gasteiger partial charge in [-0.1, -0.05) is 42.5 Å². The van der Waals surface area contributed by atoms with Crippen molar-refractivity contribution in [3.63, 3.8) is 0 Å². The van der Waals surface area contributed by atoms with Crippen molar-refractivity contribution in [1.29, 1.82) is 0 Å². The molecular weight excluding hydrogens is 234 g/mol. The van der Waals surface area contributed by atoms with Crippen molar-refractivity contribution in [2.45, 2.75) is 31.9 Å². The Labute approximate surface area is 115 Å². The van der Waals surface area contributed by atoms with E-state index in [0.717, 1.165) is 6.42 Å². The van der Waals surface area contributed by atoms with E-state index in [2.05, 4.69) is 61.6 Å². The molecule has 0 bridgehead atoms. The Morgan fingerprint density at radius 3 is 2.47 bits per heavy atom. The Kier molecular flexibility index (Phi) is 4.23. The maximum atomic E-state index is 5.56. The molecule has 0 heterocycles. The van der Waals surface area contributed by atoms with Crippen LogP contribution >= 0.6 is 0 Å². The van der Waals surface area contributed by atoms with Crippen LogP contribution in [0.25, 0.3) is 10.8 Å². The molecule has 1 N–H and O–H groups in total. The molecule has 2 nitrogen and oxygen atoms in total. The van der Waals surface area contributed by atoms with Crippen LogP contribution < -0.4 is 5.32 Å². The zero-order valence-electron chi connectivity index (χ0n) is 12.2. The first-order valence-electron chi connectivity index (χ1n) is 6.77. The first-order valence-corrected chi connectivity index (χ1v) is 6.77. The zero-order valence-corrected chi connectivity index (χ0v) is 12.2. The van der Waals surface area contributed by atoms with Crippen LogP contribution in [0, 0.1) is 0 Å². The van der Waals surface area contributed by atoms with E-state index >= 15 is 0 Å². The van der Waals surface area contributed by atoms with Gasteiger partial charge in [-0.2, -0.15) is 0 Å². The third-order valence-corrected chi connectivity index (χ3v) is 3.80. The summed E-state index contributed by atoms with van der Waals surface area (Å²) in [7, 11) is 3.79. The van der Waals surface area contributed by atoms with Crippen molar-refractivity contribution >= 4 is 10.8 Å². The molecule has 2 aromatic carbocycles. The summed E-state index contributed by atoms with van der Waals surface area (Å²) in [6, 6.07) is 15.3. The van der Waals surface area contributed by atoms with Crippen LogP contribution in [-0.4, -0.2) is 19.8 Å². The number of rotatable bonds is 5. The van der Waals surface area contributed by atoms with E-state index in [4.69, 9.17) is 4.74 Å². The topological polar surface area (TPSA) is 21.3 Å². The quantitative estimate of drug-likeness (QED) is 0.876. The number of hydrogen-bond acceptors (Lipinski definition) is 2. The van der Waals surface area contributed by atoms with Gasteiger partial charge in [0.25, 0.3) is 0 Å². The molecule has 0 aliphatic heterocycles. The lowest BCUT2D eigenvalue weighted by Crippen LogP contribution is -2.30. The van der Waals surface area contributed by atoms with Crippen LogP contribution in [0.4, 0.5) is 0 Å². The monoisotopic (exact) mass is 257 g/mol. The van der Waals surface area contributed by atoms with Gasteiger partial charge in [0, 0.05) is 13.2 Å². The summed E-state index contributed by atoms with van der Waals surface area (Å²) in [5.41, 5.74) is 1.20. The molecule has 2 heteroatoms. The van der Waals surface area contributed by atoms with Crippen LogP contribution in [0.5, 0.6) is 0 Å². The Balaban J connectivity index is 2.41. The summed E-state index contributed by atoms with van der Waals surface area (Å²) in [5.74, 6) is 0. The van der Waals surface area contributed by atoms with Crippen molar-refractivity contribution in [3.05, 3.63) is 48.0 Å². The first kappa shape index (κ1) is 14.0. The van der Waals surface area contributed by atoms with Gasteiger partial charge >= 0.3 is 0 Å². The normalized spacial score (nSPS) is 13.7. The van der Waals surface area contributed by atoms with Crippen LogP contribution in [0.1, 0.15) is 31.9 Å². The highest BCUT2D eigenvalue weighted by atomic mass is 16.5. The van der Waals surface area contributed by atoms with E-state index in [-0.39, 0.29) is 5.60 Å². The number of fused-ring (bicyclic) bond motifs is 1. The molecule has 0 radical (unpaired) electrons. The smallest absolute Gasteiger partial charge is 0.0640 e. The summed E-state index contributed by atoms with van der Waals surface area (Å²) in [6.07, 6.45) is 0.938. The second-order valence-electron chi connectivity index (χ2n) is 5.58. The van der Waals surface area contributed by atoms with E-state index < -0.39 is 0 Å². The van der Waals surface area contributed by atoms with Gasteiger partial charge in [-0.3, -0.25) is 0 Å². The lowest BCUT2D eigenvalue weighted by molar-refractivity contribution is 0.00756. The van der Waals surface area contributed by atoms with Gasteiger partial charge in [0.2, 0.25) is 0 Å². The molecule has 19 heavy (non-hydrogen) atoms. The minimum Gasteiger partial charge on any atom is -0.379 e. The Hall–Kier alpha value is -1.38. The standard InChI is InChI=1S/C17H23NO/c1-17(2,19-4)12-16(18-3)15-11-7-9-13-8-5-6-10-14(13)15/h5-11,16,18H,12H2,1-4H3. The van der Waals surface area contributed by atoms with Crippen LogP contribution in [0.2, 0.25) is 0 Å². The fourth-order valence-electron chi connectivity index (χ4n) is 2.50. The van der Waals surface area contributed by atoms with E-state index in [1.807, 2.05) is 7.05 Å². The Morgan fingerprint density at radius 2 is 1.79 bits per heavy atom. The van der Waals surface area contributed by atoms with E-state index in [1.165, 1.54) is 16.3 Å². The van der Waals surface area contributed by atoms with Gasteiger partial charge < -0.3 is 10.1 Å². The molecular formula is C17H23NO. The molecule has 0 spiro atoms. The number of hydrogen-bond donors (Lipinski definition) is 1. The van der Waals surface area contributed by atoms with Gasteiger partial charge in [-0.05, 0) is 43.7 Å². The van der Waals surface area contributed by atoms with E-state index in [1.54, 1.807) is 7.11 Å². The van der Waals surface area contributed by atoms with Crippen molar-refractivity contribution in [3.8, 4) is 0 Å². The second kappa shape index (κ2) is 5.72. The van der Waals surface area contributed by atoms with Crippen molar-refractivity contribution in [2.75, 3.05) is 14.2 Å². The summed E-state index contributed by atoms with van der Waals surface area (Å²) in [6.45, 7) is 4.25. The summed E-state index contributed by atoms with van der Waals surface area (Å²) >= 11 is 0. The minimum absolute atomic E-state index is 0.134. The van der Waals surface area contributed by atoms with Crippen LogP contribution in [0.3, 0.4) is 0 Å². The molecule has 2 aromatic rings. The highest BCUT2D eigenvalue weighted by Gasteiger charge is 2.23. The second-order valence-corrected chi connectivity index (χ2v) is 5.58. The zero-order chi connectivity index (χ0) is 13.9. The predicted octanol–water partition coefficient (Wildman–Crippen LogP) is 3.92. The summed E-state index contributed by atoms with van der Waals surface area (Å²) < 4.78 is 5.56. The largest absolute Gasteiger partial charge is 0.379 e. The molecule has 0 aliphatic rings. The molecule has 2 rings (SSSR count). The van der Waals surface area contributed by atoms with E-state index in [0.29, 0.717) is 6.04 Å². The molecule has 0 saturated heterocycles.